The number of phenols is 1. The lowest BCUT2D eigenvalue weighted by molar-refractivity contribution is -0.139. The van der Waals surface area contributed by atoms with Crippen LogP contribution in [0.15, 0.2) is 55.9 Å². The summed E-state index contributed by atoms with van der Waals surface area (Å²) in [6.45, 7) is 3.59. The van der Waals surface area contributed by atoms with Crippen LogP contribution in [0.25, 0.3) is 6.08 Å². The number of benzene rings is 2. The minimum Gasteiger partial charge on any atom is -0.506 e. The van der Waals surface area contributed by atoms with Crippen molar-refractivity contribution in [1.29, 1.82) is 0 Å². The van der Waals surface area contributed by atoms with Crippen molar-refractivity contribution in [2.75, 3.05) is 13.7 Å². The van der Waals surface area contributed by atoms with Gasteiger partial charge in [0.25, 0.3) is 5.56 Å². The monoisotopic (exact) mass is 596 g/mol. The Labute approximate surface area is 222 Å². The number of carbonyl (C=O) groups is 1. The van der Waals surface area contributed by atoms with E-state index in [0.717, 1.165) is 11.3 Å². The first-order valence-electron chi connectivity index (χ1n) is 10.4. The SMILES string of the molecule is CCOC(=O)C1=C(C)N=c2s/c(=C/c3cc(Cl)cc(Cl)c3O)c(=O)n2[C@H]1c1ccc(OC)c(Br)c1. The minimum atomic E-state index is -0.786. The molecule has 35 heavy (non-hydrogen) atoms. The molecule has 2 aromatic carbocycles. The zero-order valence-corrected chi connectivity index (χ0v) is 22.7. The Morgan fingerprint density at radius 2 is 2.06 bits per heavy atom. The van der Waals surface area contributed by atoms with E-state index in [1.54, 1.807) is 39.2 Å². The molecule has 1 aromatic heterocycles. The van der Waals surface area contributed by atoms with Crippen LogP contribution in [0.5, 0.6) is 11.5 Å². The van der Waals surface area contributed by atoms with Crippen LogP contribution in [0, 0.1) is 0 Å². The van der Waals surface area contributed by atoms with E-state index < -0.39 is 17.6 Å². The molecule has 0 saturated heterocycles. The molecule has 1 atom stereocenters. The molecule has 1 aliphatic heterocycles. The lowest BCUT2D eigenvalue weighted by atomic mass is 9.96. The van der Waals surface area contributed by atoms with E-state index >= 15 is 0 Å². The molecule has 0 saturated carbocycles. The summed E-state index contributed by atoms with van der Waals surface area (Å²) in [5.74, 6) is -0.145. The molecular weight excluding hydrogens is 579 g/mol. The molecule has 1 N–H and O–H groups in total. The Balaban J connectivity index is 1.99. The third-order valence-corrected chi connectivity index (χ3v) is 7.46. The van der Waals surface area contributed by atoms with E-state index in [1.165, 1.54) is 22.8 Å². The number of ether oxygens (including phenoxy) is 2. The predicted molar refractivity (Wildman–Crippen MR) is 139 cm³/mol. The molecule has 11 heteroatoms. The number of aromatic hydroxyl groups is 1. The number of phenolic OH excluding ortho intramolecular Hbond substituents is 1. The molecule has 0 aliphatic carbocycles. The average molecular weight is 598 g/mol. The summed E-state index contributed by atoms with van der Waals surface area (Å²) in [5.41, 5.74) is 1.27. The first kappa shape index (κ1) is 25.5. The molecule has 7 nitrogen and oxygen atoms in total. The molecule has 4 rings (SSSR count). The van der Waals surface area contributed by atoms with Crippen LogP contribution in [-0.4, -0.2) is 29.4 Å². The Bertz CT molecular complexity index is 1560. The fourth-order valence-electron chi connectivity index (χ4n) is 3.80. The maximum absolute atomic E-state index is 13.6. The van der Waals surface area contributed by atoms with Crippen molar-refractivity contribution in [2.24, 2.45) is 4.99 Å². The number of aromatic nitrogens is 1. The fraction of sp³-hybridized carbons (Fsp3) is 0.208. The number of nitrogens with zero attached hydrogens (tertiary/aromatic N) is 2. The van der Waals surface area contributed by atoms with Crippen molar-refractivity contribution in [3.63, 3.8) is 0 Å². The quantitative estimate of drug-likeness (QED) is 0.435. The van der Waals surface area contributed by atoms with Crippen molar-refractivity contribution in [1.82, 2.24) is 4.57 Å². The average Bonchev–Trinajstić information content (AvgIpc) is 3.10. The highest BCUT2D eigenvalue weighted by Gasteiger charge is 2.33. The van der Waals surface area contributed by atoms with Crippen molar-refractivity contribution >= 4 is 62.5 Å². The van der Waals surface area contributed by atoms with Gasteiger partial charge in [0.05, 0.1) is 45.1 Å². The first-order chi connectivity index (χ1) is 16.7. The van der Waals surface area contributed by atoms with Gasteiger partial charge >= 0.3 is 5.97 Å². The summed E-state index contributed by atoms with van der Waals surface area (Å²) >= 11 is 16.7. The van der Waals surface area contributed by atoms with Crippen LogP contribution in [0.2, 0.25) is 10.0 Å². The second-order valence-corrected chi connectivity index (χ2v) is 10.2. The third kappa shape index (κ3) is 4.78. The molecular formula is C24H19BrCl2N2O5S. The van der Waals surface area contributed by atoms with Crippen molar-refractivity contribution < 1.29 is 19.4 Å². The van der Waals surface area contributed by atoms with Crippen molar-refractivity contribution in [2.45, 2.75) is 19.9 Å². The molecule has 0 fully saturated rings. The molecule has 1 aliphatic rings. The lowest BCUT2D eigenvalue weighted by Gasteiger charge is -2.25. The topological polar surface area (TPSA) is 90.1 Å². The largest absolute Gasteiger partial charge is 0.506 e. The van der Waals surface area contributed by atoms with E-state index in [4.69, 9.17) is 32.7 Å². The number of hydrogen-bond acceptors (Lipinski definition) is 7. The Morgan fingerprint density at radius 1 is 1.31 bits per heavy atom. The number of methoxy groups -OCH3 is 1. The minimum absolute atomic E-state index is 0.0675. The van der Waals surface area contributed by atoms with Crippen LogP contribution in [-0.2, 0) is 9.53 Å². The maximum Gasteiger partial charge on any atom is 0.338 e. The maximum atomic E-state index is 13.6. The lowest BCUT2D eigenvalue weighted by Crippen LogP contribution is -2.40. The highest BCUT2D eigenvalue weighted by atomic mass is 79.9. The van der Waals surface area contributed by atoms with Gasteiger partial charge in [0, 0.05) is 10.6 Å². The molecule has 0 bridgehead atoms. The molecule has 0 unspecified atom stereocenters. The fourth-order valence-corrected chi connectivity index (χ4v) is 5.90. The zero-order valence-electron chi connectivity index (χ0n) is 18.8. The Kier molecular flexibility index (Phi) is 7.42. The summed E-state index contributed by atoms with van der Waals surface area (Å²) in [6, 6.07) is 7.46. The normalized spacial score (nSPS) is 15.6. The number of esters is 1. The van der Waals surface area contributed by atoms with Crippen LogP contribution in [0.3, 0.4) is 0 Å². The van der Waals surface area contributed by atoms with Crippen molar-refractivity contribution in [3.8, 4) is 11.5 Å². The highest BCUT2D eigenvalue weighted by Crippen LogP contribution is 2.35. The standard InChI is InChI=1S/C24H19BrCl2N2O5S/c1-4-34-23(32)19-11(2)28-24-29(20(19)12-5-6-17(33-3)15(25)8-12)22(31)18(35-24)9-13-7-14(26)10-16(27)21(13)30/h5-10,20,30H,4H2,1-3H3/b18-9+/t20-/m0/s1. The van der Waals surface area contributed by atoms with E-state index in [-0.39, 0.29) is 33.0 Å². The van der Waals surface area contributed by atoms with Crippen LogP contribution in [0.1, 0.15) is 31.0 Å². The summed E-state index contributed by atoms with van der Waals surface area (Å²) in [6.07, 6.45) is 1.50. The molecule has 3 aromatic rings. The van der Waals surface area contributed by atoms with Gasteiger partial charge in [-0.3, -0.25) is 9.36 Å². The molecule has 0 spiro atoms. The van der Waals surface area contributed by atoms with Crippen LogP contribution < -0.4 is 19.6 Å². The second kappa shape index (κ2) is 10.2. The van der Waals surface area contributed by atoms with Crippen LogP contribution in [0.4, 0.5) is 0 Å². The van der Waals surface area contributed by atoms with Gasteiger partial charge in [-0.15, -0.1) is 0 Å². The molecule has 0 radical (unpaired) electrons. The molecule has 0 amide bonds. The number of halogens is 3. The van der Waals surface area contributed by atoms with E-state index in [1.807, 2.05) is 0 Å². The van der Waals surface area contributed by atoms with Gasteiger partial charge in [-0.05, 0) is 65.7 Å². The second-order valence-electron chi connectivity index (χ2n) is 7.52. The highest BCUT2D eigenvalue weighted by molar-refractivity contribution is 9.10. The van der Waals surface area contributed by atoms with Gasteiger partial charge in [-0.25, -0.2) is 9.79 Å². The van der Waals surface area contributed by atoms with Crippen LogP contribution >= 0.6 is 50.5 Å². The van der Waals surface area contributed by atoms with Crippen molar-refractivity contribution in [3.05, 3.63) is 86.9 Å². The van der Waals surface area contributed by atoms with Gasteiger partial charge < -0.3 is 14.6 Å². The summed E-state index contributed by atoms with van der Waals surface area (Å²) in [7, 11) is 1.55. The van der Waals surface area contributed by atoms with Gasteiger partial charge in [0.1, 0.15) is 11.5 Å². The zero-order chi connectivity index (χ0) is 25.4. The number of thiazole rings is 1. The number of fused-ring (bicyclic) bond motifs is 1. The summed E-state index contributed by atoms with van der Waals surface area (Å²) in [4.78, 5) is 31.6. The number of allylic oxidation sites excluding steroid dienone is 1. The Morgan fingerprint density at radius 3 is 2.71 bits per heavy atom. The summed E-state index contributed by atoms with van der Waals surface area (Å²) in [5, 5.41) is 10.7. The molecule has 182 valence electrons. The van der Waals surface area contributed by atoms with E-state index in [2.05, 4.69) is 20.9 Å². The van der Waals surface area contributed by atoms with Gasteiger partial charge in [-0.2, -0.15) is 0 Å². The third-order valence-electron chi connectivity index (χ3n) is 5.35. The smallest absolute Gasteiger partial charge is 0.338 e. The number of carbonyl (C=O) groups excluding carboxylic acids is 1. The van der Waals surface area contributed by atoms with Gasteiger partial charge in [0.2, 0.25) is 0 Å². The Hall–Kier alpha value is -2.59. The first-order valence-corrected chi connectivity index (χ1v) is 12.7. The number of rotatable bonds is 5. The number of hydrogen-bond donors (Lipinski definition) is 1. The van der Waals surface area contributed by atoms with Gasteiger partial charge in [-0.1, -0.05) is 40.6 Å². The molecule has 2 heterocycles. The summed E-state index contributed by atoms with van der Waals surface area (Å²) < 4.78 is 13.0. The van der Waals surface area contributed by atoms with E-state index in [9.17, 15) is 14.7 Å². The van der Waals surface area contributed by atoms with Gasteiger partial charge in [0.15, 0.2) is 4.80 Å². The predicted octanol–water partition coefficient (Wildman–Crippen LogP) is 4.58. The van der Waals surface area contributed by atoms with E-state index in [0.29, 0.717) is 31.3 Å².